The van der Waals surface area contributed by atoms with Crippen LogP contribution in [0, 0.1) is 41.5 Å². The number of halogens is 1. The first-order chi connectivity index (χ1) is 27.1. The minimum atomic E-state index is -0.487. The van der Waals surface area contributed by atoms with Crippen LogP contribution in [0.2, 0.25) is 0 Å². The average Bonchev–Trinajstić information content (AvgIpc) is 3.20. The van der Waals surface area contributed by atoms with Crippen molar-refractivity contribution in [1.29, 1.82) is 0 Å². The Morgan fingerprint density at radius 3 is 1.34 bits per heavy atom. The topological polar surface area (TPSA) is 220 Å². The number of phenols is 1. The molecule has 17 nitrogen and oxygen atoms in total. The number of ether oxygens (including phenoxy) is 7. The van der Waals surface area contributed by atoms with Gasteiger partial charge in [0.15, 0.2) is 23.0 Å². The quantitative estimate of drug-likeness (QED) is 0.0451. The Bertz CT molecular complexity index is 1910. The van der Waals surface area contributed by atoms with Crippen LogP contribution in [0.15, 0.2) is 24.3 Å². The van der Waals surface area contributed by atoms with Gasteiger partial charge in [0.05, 0.1) is 98.3 Å². The van der Waals surface area contributed by atoms with Gasteiger partial charge in [-0.3, -0.25) is 24.7 Å². The molecule has 0 radical (unpaired) electrons. The van der Waals surface area contributed by atoms with E-state index in [1.807, 2.05) is 41.5 Å². The maximum atomic E-state index is 12.0. The SMILES string of the molecule is CCOC(=O)c1cc(OC)c(O)c(OC)c1.CCOC(=O)c1cc(OC)c(OCc2nc(C)c(C)nc2C)c(OC)c1.Cc1nc(C)c(CBr)nc1C.O=CO[O-].[H-].[K+].[K+]. The number of aryl methyl sites for hydroxylation is 6. The maximum absolute atomic E-state index is 12.0. The summed E-state index contributed by atoms with van der Waals surface area (Å²) < 4.78 is 36.3. The third kappa shape index (κ3) is 19.0. The van der Waals surface area contributed by atoms with E-state index >= 15 is 0 Å². The van der Waals surface area contributed by atoms with Gasteiger partial charge in [0, 0.05) is 5.33 Å². The molecule has 0 unspecified atom stereocenters. The first-order valence-electron chi connectivity index (χ1n) is 17.2. The van der Waals surface area contributed by atoms with Crippen molar-refractivity contribution in [3.8, 4) is 34.5 Å². The smallest absolute Gasteiger partial charge is 1.00 e. The maximum Gasteiger partial charge on any atom is 1.00 e. The number of hydrogen-bond acceptors (Lipinski definition) is 17. The van der Waals surface area contributed by atoms with Crippen LogP contribution >= 0.6 is 15.9 Å². The molecule has 2 aromatic carbocycles. The molecule has 0 saturated carbocycles. The largest absolute Gasteiger partial charge is 1.00 e. The van der Waals surface area contributed by atoms with Gasteiger partial charge in [-0.15, -0.1) is 0 Å². The Kier molecular flexibility index (Phi) is 31.2. The number of rotatable bonds is 13. The molecule has 4 aromatic rings. The van der Waals surface area contributed by atoms with Gasteiger partial charge in [-0.05, 0) is 79.7 Å². The van der Waals surface area contributed by atoms with Gasteiger partial charge in [0.25, 0.3) is 6.47 Å². The molecule has 0 atom stereocenters. The van der Waals surface area contributed by atoms with Gasteiger partial charge < -0.3 is 49.8 Å². The number of nitrogens with zero attached hydrogens (tertiary/aromatic N) is 4. The molecule has 20 heteroatoms. The zero-order valence-electron chi connectivity index (χ0n) is 37.2. The Balaban J connectivity index is -0.000000818. The van der Waals surface area contributed by atoms with Crippen molar-refractivity contribution in [2.24, 2.45) is 0 Å². The molecular weight excluding hydrogens is 891 g/mol. The molecule has 0 saturated heterocycles. The van der Waals surface area contributed by atoms with Crippen LogP contribution in [0.3, 0.4) is 0 Å². The zero-order valence-corrected chi connectivity index (χ0v) is 44.1. The van der Waals surface area contributed by atoms with E-state index in [4.69, 9.17) is 43.2 Å². The summed E-state index contributed by atoms with van der Waals surface area (Å²) in [5, 5.41) is 18.8. The molecule has 4 rings (SSSR count). The summed E-state index contributed by atoms with van der Waals surface area (Å²) in [6, 6.07) is 5.93. The molecule has 0 amide bonds. The monoisotopic (exact) mass is 940 g/mol. The molecule has 2 heterocycles. The fraction of sp³-hybridized carbons (Fsp3) is 0.410. The first-order valence-corrected chi connectivity index (χ1v) is 18.3. The fourth-order valence-corrected chi connectivity index (χ4v) is 5.04. The summed E-state index contributed by atoms with van der Waals surface area (Å²) in [4.78, 5) is 52.4. The molecule has 0 spiro atoms. The van der Waals surface area contributed by atoms with E-state index in [1.165, 1.54) is 40.6 Å². The van der Waals surface area contributed by atoms with E-state index in [9.17, 15) is 14.7 Å². The molecule has 0 fully saturated rings. The Morgan fingerprint density at radius 2 is 1.00 bits per heavy atom. The summed E-state index contributed by atoms with van der Waals surface area (Å²) in [6.07, 6.45) is 0. The second kappa shape index (κ2) is 31.4. The van der Waals surface area contributed by atoms with Gasteiger partial charge in [0.1, 0.15) is 6.61 Å². The number of phenolic OH excluding ortho intramolecular Hbond substituents is 1. The van der Waals surface area contributed by atoms with Gasteiger partial charge >= 0.3 is 115 Å². The molecule has 0 aliphatic carbocycles. The number of methoxy groups -OCH3 is 4. The van der Waals surface area contributed by atoms with Crippen LogP contribution in [0.4, 0.5) is 0 Å². The number of aromatic hydroxyl groups is 1. The predicted molar refractivity (Wildman–Crippen MR) is 210 cm³/mol. The van der Waals surface area contributed by atoms with Crippen molar-refractivity contribution in [2.45, 2.75) is 67.3 Å². The summed E-state index contributed by atoms with van der Waals surface area (Å²) >= 11 is 3.36. The van der Waals surface area contributed by atoms with Crippen LogP contribution in [0.25, 0.3) is 0 Å². The number of benzene rings is 2. The second-order valence-corrected chi connectivity index (χ2v) is 11.9. The van der Waals surface area contributed by atoms with Crippen molar-refractivity contribution in [2.75, 3.05) is 41.7 Å². The summed E-state index contributed by atoms with van der Waals surface area (Å²) in [5.74, 6) is 0.402. The first kappa shape index (κ1) is 58.6. The third-order valence-corrected chi connectivity index (χ3v) is 8.17. The fourth-order valence-electron chi connectivity index (χ4n) is 4.51. The minimum Gasteiger partial charge on any atom is -1.00 e. The van der Waals surface area contributed by atoms with Crippen LogP contribution in [0.5, 0.6) is 34.5 Å². The minimum absolute atomic E-state index is 0. The summed E-state index contributed by atoms with van der Waals surface area (Å²) in [7, 11) is 5.78. The van der Waals surface area contributed by atoms with E-state index < -0.39 is 11.9 Å². The average molecular weight is 942 g/mol. The number of alkyl halides is 1. The molecule has 0 aliphatic heterocycles. The third-order valence-electron chi connectivity index (χ3n) is 7.64. The van der Waals surface area contributed by atoms with Crippen molar-refractivity contribution in [3.63, 3.8) is 0 Å². The van der Waals surface area contributed by atoms with Crippen LogP contribution in [-0.4, -0.2) is 85.1 Å². The van der Waals surface area contributed by atoms with Crippen molar-refractivity contribution < 1.29 is 167 Å². The number of carbonyl (C=O) groups excluding carboxylic acids is 3. The number of carbonyl (C=O) groups is 3. The summed E-state index contributed by atoms with van der Waals surface area (Å²) in [5.41, 5.74) is 7.96. The second-order valence-electron chi connectivity index (χ2n) is 11.3. The van der Waals surface area contributed by atoms with Crippen LogP contribution in [-0.2, 0) is 31.1 Å². The number of aromatic nitrogens is 4. The zero-order chi connectivity index (χ0) is 43.2. The van der Waals surface area contributed by atoms with Gasteiger partial charge in [-0.25, -0.2) is 9.59 Å². The summed E-state index contributed by atoms with van der Waals surface area (Å²) in [6.45, 7) is 15.7. The van der Waals surface area contributed by atoms with E-state index in [0.717, 1.165) is 50.9 Å². The van der Waals surface area contributed by atoms with Crippen LogP contribution < -0.4 is 132 Å². The Labute approximate surface area is 440 Å². The molecule has 0 bridgehead atoms. The van der Waals surface area contributed by atoms with Crippen molar-refractivity contribution in [1.82, 2.24) is 19.9 Å². The van der Waals surface area contributed by atoms with Gasteiger partial charge in [0.2, 0.25) is 11.5 Å². The normalized spacial score (nSPS) is 9.46. The molecule has 59 heavy (non-hydrogen) atoms. The Hall–Kier alpha value is -2.48. The standard InChI is InChI=1S/C19H24N2O5.C11H14O5.C8H11BrN2.CH2O3.2K.H/c1-7-25-19(22)14-8-16(23-5)18(17(9-14)24-6)26-10-15-13(4)20-11(2)12(3)21-15;1-4-16-11(13)7-5-8(14-2)10(12)9(6-7)15-3;1-5-6(2)11-8(4-9)7(3)10-5;2-1-4-3;;;/h8-9H,7,10H2,1-6H3;5-6,12H,4H2,1-3H3;4H2,1-3H3;1,3H;;;/q;;;;2*+1;-1/p-1. The van der Waals surface area contributed by atoms with Crippen LogP contribution in [0.1, 0.15) is 81.5 Å². The molecule has 0 aliphatic rings. The predicted octanol–water partition coefficient (Wildman–Crippen LogP) is -0.387. The molecule has 1 N–H and O–H groups in total. The number of esters is 2. The van der Waals surface area contributed by atoms with Crippen molar-refractivity contribution in [3.05, 3.63) is 80.9 Å². The van der Waals surface area contributed by atoms with E-state index in [2.05, 4.69) is 40.8 Å². The van der Waals surface area contributed by atoms with E-state index in [-0.39, 0.29) is 153 Å². The van der Waals surface area contributed by atoms with Gasteiger partial charge in [-0.2, -0.15) is 0 Å². The van der Waals surface area contributed by atoms with E-state index in [0.29, 0.717) is 22.8 Å². The van der Waals surface area contributed by atoms with E-state index in [1.54, 1.807) is 26.0 Å². The molecular formula is C39H51BrK2N4O13. The van der Waals surface area contributed by atoms with Crippen molar-refractivity contribution >= 4 is 34.3 Å². The van der Waals surface area contributed by atoms with Gasteiger partial charge in [-0.1, -0.05) is 15.9 Å². The number of hydrogen-bond donors (Lipinski definition) is 1. The molecule has 314 valence electrons. The Morgan fingerprint density at radius 1 is 0.661 bits per heavy atom. The molecule has 2 aromatic heterocycles.